The van der Waals surface area contributed by atoms with Crippen LogP contribution in [0, 0.1) is 0 Å². The number of rotatable bonds is 2. The van der Waals surface area contributed by atoms with Crippen LogP contribution in [-0.4, -0.2) is 5.91 Å². The minimum Gasteiger partial charge on any atom is -0.366 e. The van der Waals surface area contributed by atoms with Gasteiger partial charge in [0.2, 0.25) is 5.91 Å². The monoisotopic (exact) mass is 112 g/mol. The molecule has 0 aliphatic carbocycles. The first-order valence-corrected chi connectivity index (χ1v) is 1.77. The molecule has 0 radical (unpaired) electrons. The lowest BCUT2D eigenvalue weighted by atomic mass is 10.6. The molecule has 0 aliphatic rings. The van der Waals surface area contributed by atoms with Crippen molar-refractivity contribution in [3.8, 4) is 0 Å². The number of nitrogens with two attached hydrogens (primary N) is 1. The molecule has 8 heavy (non-hydrogen) atoms. The summed E-state index contributed by atoms with van der Waals surface area (Å²) in [4.78, 5) is 12.2. The number of amides is 1. The largest absolute Gasteiger partial charge is 0.366 e. The standard InChI is InChI=1S/C3H4N4O/c4-3(8)1-2-6-7-5/h1-2H,(H2,4,8)/b2-1+. The molecule has 5 heteroatoms. The van der Waals surface area contributed by atoms with Crippen LogP contribution in [0.1, 0.15) is 0 Å². The minimum atomic E-state index is -0.627. The molecule has 0 aromatic heterocycles. The fourth-order valence-electron chi connectivity index (χ4n) is 0.137. The van der Waals surface area contributed by atoms with Crippen LogP contribution in [-0.2, 0) is 4.79 Å². The van der Waals surface area contributed by atoms with E-state index in [0.29, 0.717) is 0 Å². The van der Waals surface area contributed by atoms with Gasteiger partial charge in [-0.15, -0.1) is 0 Å². The van der Waals surface area contributed by atoms with E-state index in [1.54, 1.807) is 0 Å². The third-order valence-electron chi connectivity index (χ3n) is 0.357. The van der Waals surface area contributed by atoms with Gasteiger partial charge in [-0.3, -0.25) is 4.79 Å². The first-order chi connectivity index (χ1) is 3.77. The summed E-state index contributed by atoms with van der Waals surface area (Å²) in [5.74, 6) is -0.627. The Morgan fingerprint density at radius 1 is 1.88 bits per heavy atom. The molecule has 0 saturated heterocycles. The lowest BCUT2D eigenvalue weighted by molar-refractivity contribution is -0.113. The number of primary amides is 1. The Morgan fingerprint density at radius 3 is 2.88 bits per heavy atom. The zero-order valence-corrected chi connectivity index (χ0v) is 3.98. The molecular formula is C3H4N4O. The summed E-state index contributed by atoms with van der Waals surface area (Å²) in [5.41, 5.74) is 12.3. The number of hydrogen-bond donors (Lipinski definition) is 1. The Bertz CT molecular complexity index is 151. The van der Waals surface area contributed by atoms with Crippen LogP contribution in [0.5, 0.6) is 0 Å². The molecule has 0 spiro atoms. The molecule has 0 atom stereocenters. The molecule has 0 fully saturated rings. The van der Waals surface area contributed by atoms with E-state index in [9.17, 15) is 4.79 Å². The van der Waals surface area contributed by atoms with Gasteiger partial charge >= 0.3 is 0 Å². The van der Waals surface area contributed by atoms with E-state index in [1.165, 1.54) is 0 Å². The summed E-state index contributed by atoms with van der Waals surface area (Å²) in [6.07, 6.45) is 1.96. The van der Waals surface area contributed by atoms with Crippen LogP contribution >= 0.6 is 0 Å². The highest BCUT2D eigenvalue weighted by atomic mass is 16.1. The van der Waals surface area contributed by atoms with Crippen LogP contribution < -0.4 is 5.73 Å². The Kier molecular flexibility index (Phi) is 3.02. The summed E-state index contributed by atoms with van der Waals surface area (Å²) >= 11 is 0. The van der Waals surface area contributed by atoms with E-state index in [2.05, 4.69) is 15.8 Å². The average molecular weight is 112 g/mol. The van der Waals surface area contributed by atoms with Crippen molar-refractivity contribution >= 4 is 5.91 Å². The van der Waals surface area contributed by atoms with E-state index in [1.807, 2.05) is 0 Å². The molecule has 0 heterocycles. The second kappa shape index (κ2) is 3.70. The Labute approximate surface area is 45.4 Å². The van der Waals surface area contributed by atoms with E-state index >= 15 is 0 Å². The Balaban J connectivity index is 3.67. The normalized spacial score (nSPS) is 8.50. The smallest absolute Gasteiger partial charge is 0.241 e. The summed E-state index contributed by atoms with van der Waals surface area (Å²) < 4.78 is 0. The molecule has 5 nitrogen and oxygen atoms in total. The van der Waals surface area contributed by atoms with Crippen molar-refractivity contribution in [3.63, 3.8) is 0 Å². The summed E-state index contributed by atoms with van der Waals surface area (Å²) in [7, 11) is 0. The first kappa shape index (κ1) is 6.52. The third kappa shape index (κ3) is 4.52. The fourth-order valence-corrected chi connectivity index (χ4v) is 0.137. The number of carbonyl (C=O) groups excluding carboxylic acids is 1. The number of carbonyl (C=O) groups is 1. The molecule has 0 rings (SSSR count). The first-order valence-electron chi connectivity index (χ1n) is 1.77. The van der Waals surface area contributed by atoms with E-state index in [-0.39, 0.29) is 0 Å². The highest BCUT2D eigenvalue weighted by molar-refractivity contribution is 5.85. The molecule has 0 bridgehead atoms. The van der Waals surface area contributed by atoms with Crippen LogP contribution in [0.25, 0.3) is 10.4 Å². The third-order valence-corrected chi connectivity index (χ3v) is 0.357. The van der Waals surface area contributed by atoms with E-state index in [4.69, 9.17) is 5.53 Å². The zero-order chi connectivity index (χ0) is 6.41. The predicted octanol–water partition coefficient (Wildman–Crippen LogP) is 0.296. The molecule has 0 aromatic rings. The quantitative estimate of drug-likeness (QED) is 0.236. The molecule has 2 N–H and O–H groups in total. The Morgan fingerprint density at radius 2 is 2.50 bits per heavy atom. The molecule has 0 aliphatic heterocycles. The second-order valence-corrected chi connectivity index (χ2v) is 0.923. The topological polar surface area (TPSA) is 91.8 Å². The zero-order valence-electron chi connectivity index (χ0n) is 3.98. The van der Waals surface area contributed by atoms with Gasteiger partial charge in [0.25, 0.3) is 0 Å². The maximum absolute atomic E-state index is 9.83. The average Bonchev–Trinajstić information content (AvgIpc) is 1.66. The van der Waals surface area contributed by atoms with Crippen molar-refractivity contribution in [2.75, 3.05) is 0 Å². The van der Waals surface area contributed by atoms with Gasteiger partial charge in [-0.05, 0) is 5.53 Å². The van der Waals surface area contributed by atoms with Crippen molar-refractivity contribution in [1.29, 1.82) is 0 Å². The van der Waals surface area contributed by atoms with Crippen LogP contribution in [0.3, 0.4) is 0 Å². The van der Waals surface area contributed by atoms with Gasteiger partial charge in [-0.25, -0.2) is 0 Å². The van der Waals surface area contributed by atoms with Crippen LogP contribution in [0.15, 0.2) is 17.4 Å². The highest BCUT2D eigenvalue weighted by Crippen LogP contribution is 1.71. The van der Waals surface area contributed by atoms with E-state index in [0.717, 1.165) is 12.3 Å². The molecule has 1 amide bonds. The number of hydrogen-bond acceptors (Lipinski definition) is 2. The Hall–Kier alpha value is -1.48. The van der Waals surface area contributed by atoms with Gasteiger partial charge in [-0.1, -0.05) is 5.11 Å². The van der Waals surface area contributed by atoms with Gasteiger partial charge in [0, 0.05) is 17.2 Å². The van der Waals surface area contributed by atoms with Crippen molar-refractivity contribution in [2.24, 2.45) is 10.8 Å². The van der Waals surface area contributed by atoms with Crippen molar-refractivity contribution < 1.29 is 4.79 Å². The van der Waals surface area contributed by atoms with E-state index < -0.39 is 5.91 Å². The lowest BCUT2D eigenvalue weighted by Crippen LogP contribution is -2.04. The lowest BCUT2D eigenvalue weighted by Gasteiger charge is -1.70. The summed E-state index contributed by atoms with van der Waals surface area (Å²) in [6.45, 7) is 0. The maximum atomic E-state index is 9.83. The predicted molar refractivity (Wildman–Crippen MR) is 27.5 cm³/mol. The van der Waals surface area contributed by atoms with Crippen molar-refractivity contribution in [2.45, 2.75) is 0 Å². The minimum absolute atomic E-state index is 0.627. The van der Waals surface area contributed by atoms with Gasteiger partial charge in [-0.2, -0.15) is 0 Å². The van der Waals surface area contributed by atoms with Gasteiger partial charge < -0.3 is 5.73 Å². The summed E-state index contributed by atoms with van der Waals surface area (Å²) in [6, 6.07) is 0. The molecule has 0 saturated carbocycles. The molecule has 0 aromatic carbocycles. The van der Waals surface area contributed by atoms with Gasteiger partial charge in [0.15, 0.2) is 0 Å². The molecule has 42 valence electrons. The highest BCUT2D eigenvalue weighted by Gasteiger charge is 1.75. The van der Waals surface area contributed by atoms with Crippen LogP contribution in [0.4, 0.5) is 0 Å². The second-order valence-electron chi connectivity index (χ2n) is 0.923. The SMILES string of the molecule is [N-]=[N+]=N/C=C/C(N)=O. The van der Waals surface area contributed by atoms with Crippen LogP contribution in [0.2, 0.25) is 0 Å². The van der Waals surface area contributed by atoms with Gasteiger partial charge in [0.1, 0.15) is 0 Å². The maximum Gasteiger partial charge on any atom is 0.241 e. The summed E-state index contributed by atoms with van der Waals surface area (Å²) in [5, 5.41) is 2.91. The number of nitrogens with zero attached hydrogens (tertiary/aromatic N) is 3. The molecule has 0 unspecified atom stereocenters. The number of azide groups is 1. The molecular weight excluding hydrogens is 108 g/mol. The van der Waals surface area contributed by atoms with Crippen molar-refractivity contribution in [3.05, 3.63) is 22.7 Å². The van der Waals surface area contributed by atoms with Gasteiger partial charge in [0.05, 0.1) is 0 Å². The van der Waals surface area contributed by atoms with Crippen molar-refractivity contribution in [1.82, 2.24) is 0 Å². The fraction of sp³-hybridized carbons (Fsp3) is 0.